The van der Waals surface area contributed by atoms with E-state index in [0.717, 1.165) is 25.7 Å². The smallest absolute Gasteiger partial charge is 0.407 e. The molecule has 2 amide bonds. The van der Waals surface area contributed by atoms with Crippen molar-refractivity contribution in [1.82, 2.24) is 10.6 Å². The average Bonchev–Trinajstić information content (AvgIpc) is 2.19. The predicted octanol–water partition coefficient (Wildman–Crippen LogP) is 1.73. The molecule has 0 aromatic heterocycles. The summed E-state index contributed by atoms with van der Waals surface area (Å²) >= 11 is 0. The maximum Gasteiger partial charge on any atom is 0.407 e. The predicted molar refractivity (Wildman–Crippen MR) is 66.4 cm³/mol. The van der Waals surface area contributed by atoms with Crippen LogP contribution in [0.1, 0.15) is 46.5 Å². The van der Waals surface area contributed by atoms with Crippen LogP contribution in [0.25, 0.3) is 0 Å². The Kier molecular flexibility index (Phi) is 8.19. The van der Waals surface area contributed by atoms with Crippen LogP contribution in [0.2, 0.25) is 0 Å². The van der Waals surface area contributed by atoms with Crippen molar-refractivity contribution in [2.75, 3.05) is 13.1 Å². The Morgan fingerprint density at radius 2 is 1.71 bits per heavy atom. The number of carbonyl (C=O) groups excluding carboxylic acids is 2. The lowest BCUT2D eigenvalue weighted by atomic mass is 10.2. The second-order valence-electron chi connectivity index (χ2n) is 4.87. The molecule has 99 valence electrons. The van der Waals surface area contributed by atoms with Crippen LogP contribution in [-0.2, 0) is 9.53 Å². The second kappa shape index (κ2) is 8.84. The molecule has 0 unspecified atom stereocenters. The molecule has 0 heterocycles. The molecule has 0 spiro atoms. The largest absolute Gasteiger partial charge is 0.444 e. The minimum Gasteiger partial charge on any atom is -0.444 e. The van der Waals surface area contributed by atoms with E-state index in [1.807, 2.05) is 20.8 Å². The fourth-order valence-corrected chi connectivity index (χ4v) is 1.25. The summed E-state index contributed by atoms with van der Waals surface area (Å²) in [5.41, 5.74) is -0.443. The van der Waals surface area contributed by atoms with Gasteiger partial charge in [0.2, 0.25) is 0 Å². The molecule has 0 saturated heterocycles. The van der Waals surface area contributed by atoms with Gasteiger partial charge in [0.05, 0.1) is 0 Å². The van der Waals surface area contributed by atoms with Gasteiger partial charge in [-0.25, -0.2) is 4.79 Å². The number of hydrogen-bond donors (Lipinski definition) is 2. The van der Waals surface area contributed by atoms with Gasteiger partial charge in [-0.05, 0) is 33.6 Å². The lowest BCUT2D eigenvalue weighted by Gasteiger charge is -2.19. The third-order valence-electron chi connectivity index (χ3n) is 1.97. The number of rotatable bonds is 8. The molecule has 0 aromatic carbocycles. The molecule has 0 aliphatic carbocycles. The molecule has 0 rings (SSSR count). The van der Waals surface area contributed by atoms with Crippen molar-refractivity contribution in [2.45, 2.75) is 52.1 Å². The van der Waals surface area contributed by atoms with Crippen molar-refractivity contribution in [3.05, 3.63) is 0 Å². The first-order chi connectivity index (χ1) is 7.95. The summed E-state index contributed by atoms with van der Waals surface area (Å²) in [5.74, 6) is 0. The number of alkyl carbamates (subject to hydrolysis) is 1. The molecule has 0 fully saturated rings. The molecule has 0 bridgehead atoms. The monoisotopic (exact) mass is 243 g/mol. The topological polar surface area (TPSA) is 67.4 Å². The highest BCUT2D eigenvalue weighted by atomic mass is 16.6. The van der Waals surface area contributed by atoms with E-state index in [9.17, 15) is 9.59 Å². The molecular weight excluding hydrogens is 220 g/mol. The van der Waals surface area contributed by atoms with Crippen molar-refractivity contribution in [1.29, 1.82) is 0 Å². The van der Waals surface area contributed by atoms with Crippen LogP contribution >= 0.6 is 0 Å². The van der Waals surface area contributed by atoms with Crippen molar-refractivity contribution >= 4 is 12.5 Å². The molecule has 0 saturated carbocycles. The number of ether oxygens (including phenoxy) is 1. The van der Waals surface area contributed by atoms with Crippen LogP contribution < -0.4 is 10.6 Å². The normalized spacial score (nSPS) is 10.8. The van der Waals surface area contributed by atoms with Crippen molar-refractivity contribution < 1.29 is 14.3 Å². The fourth-order valence-electron chi connectivity index (χ4n) is 1.25. The van der Waals surface area contributed by atoms with Gasteiger partial charge >= 0.3 is 12.5 Å². The van der Waals surface area contributed by atoms with Crippen LogP contribution in [0.4, 0.5) is 4.79 Å². The van der Waals surface area contributed by atoms with E-state index in [1.165, 1.54) is 0 Å². The van der Waals surface area contributed by atoms with Gasteiger partial charge in [0, 0.05) is 13.1 Å². The molecule has 5 nitrogen and oxygen atoms in total. The zero-order valence-corrected chi connectivity index (χ0v) is 11.0. The lowest BCUT2D eigenvalue weighted by Crippen LogP contribution is -2.32. The maximum atomic E-state index is 11.2. The number of amides is 2. The lowest BCUT2D eigenvalue weighted by molar-refractivity contribution is 0.0527. The third-order valence-corrected chi connectivity index (χ3v) is 1.97. The first-order valence-electron chi connectivity index (χ1n) is 6.02. The molecule has 2 N–H and O–H groups in total. The van der Waals surface area contributed by atoms with E-state index < -0.39 is 5.60 Å². The summed E-state index contributed by atoms with van der Waals surface area (Å²) in [6.07, 6.45) is 5.19. The third kappa shape index (κ3) is 12.7. The van der Waals surface area contributed by atoms with Gasteiger partial charge in [-0.1, -0.05) is 12.8 Å². The number of unbranched alkanes of at least 4 members (excludes halogenated alkanes) is 3. The highest BCUT2D eigenvalue weighted by Crippen LogP contribution is 2.06. The summed E-state index contributed by atoms with van der Waals surface area (Å²) in [6, 6.07) is 0. The van der Waals surface area contributed by atoms with Crippen LogP contribution in [0.3, 0.4) is 0 Å². The van der Waals surface area contributed by atoms with Crippen molar-refractivity contribution in [3.63, 3.8) is 0 Å². The van der Waals surface area contributed by atoms with Crippen molar-refractivity contribution in [3.8, 4) is 0 Å². The Bertz CT molecular complexity index is 224. The molecule has 0 aliphatic heterocycles. The Hall–Kier alpha value is -1.26. The zero-order valence-electron chi connectivity index (χ0n) is 11.0. The van der Waals surface area contributed by atoms with Crippen LogP contribution in [-0.4, -0.2) is 31.2 Å². The highest BCUT2D eigenvalue weighted by Gasteiger charge is 2.15. The molecular formula is C12H23N2O3. The SMILES string of the molecule is CC(C)(C)OC(=O)NCCCCCCN[C]=O. The quantitative estimate of drug-likeness (QED) is 0.504. The standard InChI is InChI=1S/C12H23N2O3/c1-12(2,3)17-11(16)14-9-7-5-4-6-8-13-10-15/h4-9H2,1-3H3,(H,13,15)(H,14,16). The Morgan fingerprint density at radius 1 is 1.12 bits per heavy atom. The van der Waals surface area contributed by atoms with Crippen LogP contribution in [0, 0.1) is 0 Å². The summed E-state index contributed by atoms with van der Waals surface area (Å²) in [6.45, 7) is 6.81. The van der Waals surface area contributed by atoms with Gasteiger partial charge in [-0.15, -0.1) is 0 Å². The number of nitrogens with one attached hydrogen (secondary N) is 2. The maximum absolute atomic E-state index is 11.2. The fraction of sp³-hybridized carbons (Fsp3) is 0.833. The molecule has 0 aromatic rings. The van der Waals surface area contributed by atoms with E-state index in [-0.39, 0.29) is 6.09 Å². The van der Waals surface area contributed by atoms with Gasteiger partial charge in [0.15, 0.2) is 0 Å². The molecule has 17 heavy (non-hydrogen) atoms. The Balaban J connectivity index is 3.28. The summed E-state index contributed by atoms with van der Waals surface area (Å²) < 4.78 is 5.09. The van der Waals surface area contributed by atoms with E-state index >= 15 is 0 Å². The van der Waals surface area contributed by atoms with E-state index in [1.54, 1.807) is 6.41 Å². The van der Waals surface area contributed by atoms with Crippen LogP contribution in [0.15, 0.2) is 0 Å². The van der Waals surface area contributed by atoms with Gasteiger partial charge in [0.25, 0.3) is 0 Å². The van der Waals surface area contributed by atoms with Gasteiger partial charge in [0.1, 0.15) is 5.60 Å². The summed E-state index contributed by atoms with van der Waals surface area (Å²) in [4.78, 5) is 21.1. The van der Waals surface area contributed by atoms with E-state index in [4.69, 9.17) is 4.74 Å². The summed E-state index contributed by atoms with van der Waals surface area (Å²) in [5, 5.41) is 5.19. The molecule has 5 heteroatoms. The molecule has 1 radical (unpaired) electrons. The van der Waals surface area contributed by atoms with E-state index in [2.05, 4.69) is 10.6 Å². The highest BCUT2D eigenvalue weighted by molar-refractivity contribution is 5.67. The minimum atomic E-state index is -0.443. The van der Waals surface area contributed by atoms with Crippen LogP contribution in [0.5, 0.6) is 0 Å². The summed E-state index contributed by atoms with van der Waals surface area (Å²) in [7, 11) is 0. The minimum absolute atomic E-state index is 0.366. The average molecular weight is 243 g/mol. The van der Waals surface area contributed by atoms with Gasteiger partial charge in [-0.3, -0.25) is 4.79 Å². The molecule has 0 atom stereocenters. The Labute approximate surface area is 103 Å². The molecule has 0 aliphatic rings. The first-order valence-corrected chi connectivity index (χ1v) is 6.02. The second-order valence-corrected chi connectivity index (χ2v) is 4.87. The van der Waals surface area contributed by atoms with Gasteiger partial charge < -0.3 is 15.4 Å². The Morgan fingerprint density at radius 3 is 2.24 bits per heavy atom. The van der Waals surface area contributed by atoms with E-state index in [0.29, 0.717) is 13.1 Å². The number of hydrogen-bond acceptors (Lipinski definition) is 3. The van der Waals surface area contributed by atoms with Crippen molar-refractivity contribution in [2.24, 2.45) is 0 Å². The first kappa shape index (κ1) is 15.7. The zero-order chi connectivity index (χ0) is 13.1. The number of carbonyl (C=O) groups is 1. The van der Waals surface area contributed by atoms with Gasteiger partial charge in [-0.2, -0.15) is 0 Å².